The number of hydrogen-bond acceptors (Lipinski definition) is 22. The number of nitrogens with two attached hydrogens (primary N) is 1. The molecule has 0 aliphatic carbocycles. The van der Waals surface area contributed by atoms with Crippen molar-refractivity contribution in [2.45, 2.75) is 139 Å². The van der Waals surface area contributed by atoms with Gasteiger partial charge in [0.25, 0.3) is 5.91 Å². The number of anilines is 3. The van der Waals surface area contributed by atoms with E-state index in [2.05, 4.69) is 25.9 Å². The standard InChI is InChI=1S/C56H71N7O19/c1-28(61-53(78)36(29(2)66)22-41(69)45(72)48(75)50(42(70)24-64)82-54-49(76)47(74)46(73)43(25-65)81-54)39(67)19-33(20-44(57)71)40(68)18-30-7-9-32(10-8-30)26-80-55(79)63-27-56(3,4)37-12-11-34(21-38(37)63)62-52(77)35-6-5-15-59-51(35)60-23-31-13-16-58-17-14-31/h5-17,21,28-29,33,36,42-43,45-50,54,64-66,70,72-76H,18-20,22-27H2,1-4H3,(H2,57,71)(H,59,60)(H,61,78)(H,62,77)/t28?,29?,33?,36?,42-,43-,45+,46+,47+,48+,49-,50+,54+/m1/s1. The number of nitrogens with one attached hydrogen (secondary N) is 3. The van der Waals surface area contributed by atoms with Crippen LogP contribution in [0.1, 0.15) is 79.6 Å². The van der Waals surface area contributed by atoms with E-state index in [1.807, 2.05) is 32.0 Å². The van der Waals surface area contributed by atoms with Crippen LogP contribution in [0.5, 0.6) is 0 Å². The number of rotatable bonds is 28. The summed E-state index contributed by atoms with van der Waals surface area (Å²) in [7, 11) is 0. The number of fused-ring (bicyclic) bond motifs is 1. The molecule has 4 aromatic rings. The van der Waals surface area contributed by atoms with Crippen molar-refractivity contribution >= 4 is 58.4 Å². The van der Waals surface area contributed by atoms with Gasteiger partial charge >= 0.3 is 6.09 Å². The Hall–Kier alpha value is -7.21. The van der Waals surface area contributed by atoms with Gasteiger partial charge in [-0.25, -0.2) is 9.78 Å². The molecule has 1 saturated heterocycles. The third kappa shape index (κ3) is 16.3. The molecule has 444 valence electrons. The van der Waals surface area contributed by atoms with E-state index in [0.29, 0.717) is 40.4 Å². The van der Waals surface area contributed by atoms with Crippen molar-refractivity contribution in [3.8, 4) is 0 Å². The summed E-state index contributed by atoms with van der Waals surface area (Å²) in [5.41, 5.74) is 9.15. The third-order valence-electron chi connectivity index (χ3n) is 14.3. The topological polar surface area (TPSA) is 420 Å². The lowest BCUT2D eigenvalue weighted by molar-refractivity contribution is -0.326. The summed E-state index contributed by atoms with van der Waals surface area (Å²) in [6, 6.07) is 17.4. The maximum absolute atomic E-state index is 13.7. The molecule has 2 aromatic heterocycles. The van der Waals surface area contributed by atoms with E-state index in [4.69, 9.17) is 19.9 Å². The smallest absolute Gasteiger partial charge is 0.414 e. The zero-order chi connectivity index (χ0) is 60.2. The fraction of sp³-hybridized carbons (Fsp3) is 0.482. The van der Waals surface area contributed by atoms with Gasteiger partial charge in [-0.1, -0.05) is 44.2 Å². The van der Waals surface area contributed by atoms with Crippen LogP contribution in [0.4, 0.5) is 22.0 Å². The van der Waals surface area contributed by atoms with Gasteiger partial charge in [-0.3, -0.25) is 38.7 Å². The number of pyridine rings is 2. The van der Waals surface area contributed by atoms with Crippen LogP contribution >= 0.6 is 0 Å². The Labute approximate surface area is 471 Å². The Balaban J connectivity index is 1.01. The molecule has 0 saturated carbocycles. The molecule has 0 radical (unpaired) electrons. The molecular weight excluding hydrogens is 1070 g/mol. The van der Waals surface area contributed by atoms with Gasteiger partial charge in [-0.05, 0) is 72.5 Å². The molecule has 14 N–H and O–H groups in total. The van der Waals surface area contributed by atoms with Gasteiger partial charge in [-0.15, -0.1) is 0 Å². The van der Waals surface area contributed by atoms with Gasteiger partial charge in [0.05, 0.1) is 42.5 Å². The number of aliphatic hydroxyl groups is 9. The molecule has 0 spiro atoms. The second kappa shape index (κ2) is 28.7. The summed E-state index contributed by atoms with van der Waals surface area (Å²) >= 11 is 0. The number of hydrogen-bond donors (Lipinski definition) is 13. The zero-order valence-electron chi connectivity index (χ0n) is 45.5. The molecule has 0 bridgehead atoms. The van der Waals surface area contributed by atoms with Gasteiger partial charge in [0.1, 0.15) is 67.0 Å². The van der Waals surface area contributed by atoms with Crippen LogP contribution in [-0.4, -0.2) is 184 Å². The number of amides is 4. The van der Waals surface area contributed by atoms with Crippen LogP contribution in [0.3, 0.4) is 0 Å². The maximum atomic E-state index is 13.7. The molecule has 1 fully saturated rings. The second-order valence-corrected chi connectivity index (χ2v) is 21.0. The van der Waals surface area contributed by atoms with E-state index in [1.165, 1.54) is 11.8 Å². The number of benzene rings is 2. The van der Waals surface area contributed by atoms with Crippen molar-refractivity contribution in [3.05, 3.63) is 113 Å². The van der Waals surface area contributed by atoms with Crippen LogP contribution in [-0.2, 0) is 63.2 Å². The Morgan fingerprint density at radius 3 is 2.15 bits per heavy atom. The lowest BCUT2D eigenvalue weighted by Crippen LogP contribution is -2.61. The number of aliphatic hydroxyl groups excluding tert-OH is 9. The minimum absolute atomic E-state index is 0.153. The number of carbonyl (C=O) groups excluding carboxylic acids is 7. The number of primary amides is 1. The Bertz CT molecular complexity index is 2880. The van der Waals surface area contributed by atoms with Crippen molar-refractivity contribution in [3.63, 3.8) is 0 Å². The summed E-state index contributed by atoms with van der Waals surface area (Å²) in [4.78, 5) is 103. The van der Waals surface area contributed by atoms with Crippen molar-refractivity contribution in [2.75, 3.05) is 35.3 Å². The van der Waals surface area contributed by atoms with Gasteiger partial charge in [0.15, 0.2) is 17.9 Å². The van der Waals surface area contributed by atoms with Crippen LogP contribution in [0.25, 0.3) is 0 Å². The normalized spacial score (nSPS) is 21.3. The Morgan fingerprint density at radius 1 is 0.817 bits per heavy atom. The molecule has 26 heteroatoms. The molecule has 4 unspecified atom stereocenters. The zero-order valence-corrected chi connectivity index (χ0v) is 45.5. The molecule has 2 aliphatic rings. The lowest BCUT2D eigenvalue weighted by atomic mass is 9.87. The van der Waals surface area contributed by atoms with Gasteiger partial charge < -0.3 is 81.9 Å². The van der Waals surface area contributed by atoms with Crippen LogP contribution in [0, 0.1) is 11.8 Å². The van der Waals surface area contributed by atoms with E-state index in [0.717, 1.165) is 18.1 Å². The van der Waals surface area contributed by atoms with Gasteiger partial charge in [-0.2, -0.15) is 0 Å². The molecule has 13 atom stereocenters. The summed E-state index contributed by atoms with van der Waals surface area (Å²) in [5.74, 6) is -7.51. The van der Waals surface area contributed by atoms with Crippen molar-refractivity contribution < 1.29 is 93.7 Å². The average molecular weight is 1150 g/mol. The minimum Gasteiger partial charge on any atom is -0.444 e. The monoisotopic (exact) mass is 1150 g/mol. The molecule has 2 aliphatic heterocycles. The summed E-state index contributed by atoms with van der Waals surface area (Å²) in [6.07, 6.45) is -18.1. The fourth-order valence-corrected chi connectivity index (χ4v) is 9.46. The highest BCUT2D eigenvalue weighted by atomic mass is 16.7. The SMILES string of the molecule is CC(NC(=O)C(CC(=O)[C@H](O)[C@H](O)[C@@H](O[C@@H]1O[C@H](CO)[C@H](O)[C@H](O)[C@H]1O)[C@H](O)CO)C(C)O)C(=O)CC(CC(N)=O)C(=O)Cc1ccc(COC(=O)N2CC(C)(C)c3ccc(NC(=O)c4cccnc4NCc4ccncc4)cc32)cc1. The summed E-state index contributed by atoms with van der Waals surface area (Å²) in [6.45, 7) is 4.85. The highest BCUT2D eigenvalue weighted by molar-refractivity contribution is 6.08. The first-order chi connectivity index (χ1) is 38.8. The molecule has 2 aromatic carbocycles. The van der Waals surface area contributed by atoms with Crippen LogP contribution < -0.4 is 26.6 Å². The molecule has 82 heavy (non-hydrogen) atoms. The number of Topliss-reactive ketones (excluding diaryl/α,β-unsaturated/α-hetero) is 3. The highest BCUT2D eigenvalue weighted by Gasteiger charge is 2.48. The van der Waals surface area contributed by atoms with Gasteiger partial charge in [0, 0.05) is 74.4 Å². The third-order valence-corrected chi connectivity index (χ3v) is 14.3. The van der Waals surface area contributed by atoms with E-state index >= 15 is 0 Å². The van der Waals surface area contributed by atoms with E-state index in [-0.39, 0.29) is 19.6 Å². The minimum atomic E-state index is -2.49. The lowest BCUT2D eigenvalue weighted by Gasteiger charge is -2.42. The van der Waals surface area contributed by atoms with E-state index in [9.17, 15) is 79.5 Å². The van der Waals surface area contributed by atoms with Crippen molar-refractivity contribution in [1.82, 2.24) is 15.3 Å². The van der Waals surface area contributed by atoms with E-state index < -0.39 is 158 Å². The number of nitrogens with zero attached hydrogens (tertiary/aromatic N) is 3. The first-order valence-electron chi connectivity index (χ1n) is 26.4. The quantitative estimate of drug-likeness (QED) is 0.0326. The number of ketones is 3. The van der Waals surface area contributed by atoms with Crippen LogP contribution in [0.15, 0.2) is 85.3 Å². The molecule has 6 rings (SSSR count). The number of carbonyl (C=O) groups is 7. The van der Waals surface area contributed by atoms with Crippen LogP contribution in [0.2, 0.25) is 0 Å². The fourth-order valence-electron chi connectivity index (χ4n) is 9.46. The molecule has 26 nitrogen and oxygen atoms in total. The predicted octanol–water partition coefficient (Wildman–Crippen LogP) is -0.941. The van der Waals surface area contributed by atoms with Gasteiger partial charge in [0.2, 0.25) is 11.8 Å². The van der Waals surface area contributed by atoms with Crippen molar-refractivity contribution in [1.29, 1.82) is 0 Å². The summed E-state index contributed by atoms with van der Waals surface area (Å²) < 4.78 is 16.3. The summed E-state index contributed by atoms with van der Waals surface area (Å²) in [5, 5.41) is 101. The second-order valence-electron chi connectivity index (χ2n) is 21.0. The van der Waals surface area contributed by atoms with Crippen molar-refractivity contribution in [2.24, 2.45) is 17.6 Å². The molecule has 4 heterocycles. The first kappa shape index (κ1) is 64.0. The van der Waals surface area contributed by atoms with E-state index in [1.54, 1.807) is 67.1 Å². The largest absolute Gasteiger partial charge is 0.444 e. The first-order valence-corrected chi connectivity index (χ1v) is 26.4. The molecule has 4 amide bonds. The molecular formula is C56H71N7O19. The average Bonchev–Trinajstić information content (AvgIpc) is 3.72. The Kier molecular flexibility index (Phi) is 22.4. The number of ether oxygens (including phenoxy) is 3. The highest BCUT2D eigenvalue weighted by Crippen LogP contribution is 2.42. The predicted molar refractivity (Wildman–Crippen MR) is 289 cm³/mol. The maximum Gasteiger partial charge on any atom is 0.414 e. The number of aromatic nitrogens is 2. The Morgan fingerprint density at radius 2 is 1.50 bits per heavy atom.